The van der Waals surface area contributed by atoms with Gasteiger partial charge in [0.25, 0.3) is 0 Å². The molecular weight excluding hydrogens is 268 g/mol. The van der Waals surface area contributed by atoms with Crippen LogP contribution in [0.4, 0.5) is 0 Å². The molecule has 22 heavy (non-hydrogen) atoms. The molecule has 2 atom stereocenters. The van der Waals surface area contributed by atoms with Gasteiger partial charge in [0, 0.05) is 0 Å². The molecular formula is C21H43O. The van der Waals surface area contributed by atoms with Crippen LogP contribution in [0.5, 0.6) is 0 Å². The van der Waals surface area contributed by atoms with Gasteiger partial charge in [-0.3, -0.25) is 0 Å². The lowest BCUT2D eigenvalue weighted by Crippen LogP contribution is -2.15. The van der Waals surface area contributed by atoms with E-state index in [1.807, 2.05) is 0 Å². The molecule has 0 aliphatic carbocycles. The van der Waals surface area contributed by atoms with E-state index in [0.717, 1.165) is 5.92 Å². The molecule has 133 valence electrons. The summed E-state index contributed by atoms with van der Waals surface area (Å²) >= 11 is 0. The lowest BCUT2D eigenvalue weighted by Gasteiger charge is -2.22. The summed E-state index contributed by atoms with van der Waals surface area (Å²) in [5, 5.41) is 0. The molecule has 0 saturated carbocycles. The SMILES string of the molecule is CCCCCCCCCC(CCCC(C)OC(C)C)[C](C)C. The second-order valence-corrected chi connectivity index (χ2v) is 7.61. The lowest BCUT2D eigenvalue weighted by atomic mass is 9.85. The highest BCUT2D eigenvalue weighted by Gasteiger charge is 2.14. The summed E-state index contributed by atoms with van der Waals surface area (Å²) in [5.74, 6) is 2.46. The molecule has 1 nitrogen and oxygen atoms in total. The summed E-state index contributed by atoms with van der Waals surface area (Å²) < 4.78 is 5.83. The van der Waals surface area contributed by atoms with E-state index in [1.54, 1.807) is 5.92 Å². The smallest absolute Gasteiger partial charge is 0.0550 e. The Morgan fingerprint density at radius 3 is 1.82 bits per heavy atom. The zero-order valence-corrected chi connectivity index (χ0v) is 16.4. The average molecular weight is 312 g/mol. The summed E-state index contributed by atoms with van der Waals surface area (Å²) in [4.78, 5) is 0. The van der Waals surface area contributed by atoms with Crippen LogP contribution in [0.2, 0.25) is 0 Å². The van der Waals surface area contributed by atoms with Gasteiger partial charge in [0.1, 0.15) is 0 Å². The van der Waals surface area contributed by atoms with Crippen molar-refractivity contribution in [3.63, 3.8) is 0 Å². The van der Waals surface area contributed by atoms with Crippen molar-refractivity contribution in [1.29, 1.82) is 0 Å². The van der Waals surface area contributed by atoms with E-state index in [1.165, 1.54) is 70.6 Å². The van der Waals surface area contributed by atoms with Gasteiger partial charge in [0.15, 0.2) is 0 Å². The van der Waals surface area contributed by atoms with E-state index in [0.29, 0.717) is 12.2 Å². The van der Waals surface area contributed by atoms with Crippen molar-refractivity contribution in [2.45, 2.75) is 124 Å². The van der Waals surface area contributed by atoms with E-state index < -0.39 is 0 Å². The lowest BCUT2D eigenvalue weighted by molar-refractivity contribution is 0.0126. The van der Waals surface area contributed by atoms with Crippen LogP contribution >= 0.6 is 0 Å². The number of hydrogen-bond acceptors (Lipinski definition) is 1. The molecule has 0 saturated heterocycles. The Labute approximate surface area is 141 Å². The van der Waals surface area contributed by atoms with Gasteiger partial charge in [-0.25, -0.2) is 0 Å². The van der Waals surface area contributed by atoms with Crippen LogP contribution in [0, 0.1) is 11.8 Å². The fourth-order valence-electron chi connectivity index (χ4n) is 3.25. The van der Waals surface area contributed by atoms with E-state index >= 15 is 0 Å². The summed E-state index contributed by atoms with van der Waals surface area (Å²) in [6.45, 7) is 13.4. The van der Waals surface area contributed by atoms with Crippen LogP contribution in [0.15, 0.2) is 0 Å². The Kier molecular flexibility index (Phi) is 14.5. The molecule has 0 fully saturated rings. The third-order valence-corrected chi connectivity index (χ3v) is 4.64. The minimum absolute atomic E-state index is 0.359. The maximum absolute atomic E-state index is 5.83. The van der Waals surface area contributed by atoms with Crippen molar-refractivity contribution in [2.24, 2.45) is 5.92 Å². The summed E-state index contributed by atoms with van der Waals surface area (Å²) in [6.07, 6.45) is 16.0. The standard InChI is InChI=1S/C21H43O/c1-7-8-9-10-11-12-13-16-21(18(2)3)17-14-15-20(6)22-19(4)5/h19-21H,7-17H2,1-6H3. The van der Waals surface area contributed by atoms with Crippen molar-refractivity contribution in [1.82, 2.24) is 0 Å². The predicted octanol–water partition coefficient (Wildman–Crippen LogP) is 7.34. The number of unbranched alkanes of at least 4 members (excludes halogenated alkanes) is 6. The van der Waals surface area contributed by atoms with E-state index in [9.17, 15) is 0 Å². The zero-order valence-electron chi connectivity index (χ0n) is 16.4. The molecule has 0 aromatic rings. The highest BCUT2D eigenvalue weighted by Crippen LogP contribution is 2.26. The minimum atomic E-state index is 0.359. The molecule has 0 amide bonds. The first-order chi connectivity index (χ1) is 10.5. The molecule has 1 heteroatoms. The maximum atomic E-state index is 5.83. The monoisotopic (exact) mass is 311 g/mol. The van der Waals surface area contributed by atoms with Gasteiger partial charge in [0.2, 0.25) is 0 Å². The second kappa shape index (κ2) is 14.5. The van der Waals surface area contributed by atoms with Crippen LogP contribution < -0.4 is 0 Å². The van der Waals surface area contributed by atoms with Crippen LogP contribution in [0.3, 0.4) is 0 Å². The summed E-state index contributed by atoms with van der Waals surface area (Å²) in [7, 11) is 0. The first-order valence-electron chi connectivity index (χ1n) is 9.92. The third kappa shape index (κ3) is 13.6. The quantitative estimate of drug-likeness (QED) is 0.287. The minimum Gasteiger partial charge on any atom is -0.376 e. The topological polar surface area (TPSA) is 9.23 Å². The normalized spacial score (nSPS) is 14.7. The highest BCUT2D eigenvalue weighted by molar-refractivity contribution is 4.86. The van der Waals surface area contributed by atoms with E-state index in [2.05, 4.69) is 41.5 Å². The van der Waals surface area contributed by atoms with Gasteiger partial charge in [-0.2, -0.15) is 0 Å². The Hall–Kier alpha value is -0.0400. The fraction of sp³-hybridized carbons (Fsp3) is 0.952. The van der Waals surface area contributed by atoms with Crippen LogP contribution in [-0.4, -0.2) is 12.2 Å². The van der Waals surface area contributed by atoms with Crippen molar-refractivity contribution in [3.05, 3.63) is 5.92 Å². The van der Waals surface area contributed by atoms with Crippen molar-refractivity contribution in [3.8, 4) is 0 Å². The van der Waals surface area contributed by atoms with Crippen LogP contribution in [-0.2, 0) is 4.74 Å². The van der Waals surface area contributed by atoms with Gasteiger partial charge in [0.05, 0.1) is 12.2 Å². The Balaban J connectivity index is 3.69. The van der Waals surface area contributed by atoms with Gasteiger partial charge in [-0.1, -0.05) is 72.1 Å². The number of ether oxygens (including phenoxy) is 1. The molecule has 0 aromatic carbocycles. The Morgan fingerprint density at radius 1 is 0.727 bits per heavy atom. The van der Waals surface area contributed by atoms with Gasteiger partial charge < -0.3 is 4.74 Å². The molecule has 0 aliphatic heterocycles. The van der Waals surface area contributed by atoms with Crippen molar-refractivity contribution in [2.75, 3.05) is 0 Å². The average Bonchev–Trinajstić information content (AvgIpc) is 2.43. The van der Waals surface area contributed by atoms with Crippen LogP contribution in [0.1, 0.15) is 112 Å². The molecule has 0 bridgehead atoms. The predicted molar refractivity (Wildman–Crippen MR) is 100 cm³/mol. The molecule has 1 radical (unpaired) electrons. The Morgan fingerprint density at radius 2 is 1.27 bits per heavy atom. The molecule has 0 spiro atoms. The van der Waals surface area contributed by atoms with Crippen LogP contribution in [0.25, 0.3) is 0 Å². The molecule has 0 aromatic heterocycles. The molecule has 0 aliphatic rings. The molecule has 2 unspecified atom stereocenters. The van der Waals surface area contributed by atoms with Crippen molar-refractivity contribution < 1.29 is 4.74 Å². The fourth-order valence-corrected chi connectivity index (χ4v) is 3.25. The van der Waals surface area contributed by atoms with Crippen molar-refractivity contribution >= 4 is 0 Å². The molecule has 0 heterocycles. The van der Waals surface area contributed by atoms with Gasteiger partial charge in [-0.15, -0.1) is 0 Å². The zero-order chi connectivity index (χ0) is 16.8. The number of rotatable bonds is 15. The maximum Gasteiger partial charge on any atom is 0.0550 e. The first-order valence-corrected chi connectivity index (χ1v) is 9.92. The van der Waals surface area contributed by atoms with Gasteiger partial charge in [-0.05, 0) is 51.9 Å². The summed E-state index contributed by atoms with van der Waals surface area (Å²) in [6, 6.07) is 0. The Bertz CT molecular complexity index is 222. The molecule has 0 rings (SSSR count). The van der Waals surface area contributed by atoms with E-state index in [4.69, 9.17) is 4.74 Å². The number of hydrogen-bond donors (Lipinski definition) is 0. The van der Waals surface area contributed by atoms with Gasteiger partial charge >= 0.3 is 0 Å². The largest absolute Gasteiger partial charge is 0.376 e. The van der Waals surface area contributed by atoms with E-state index in [-0.39, 0.29) is 0 Å². The first kappa shape index (κ1) is 22.0. The summed E-state index contributed by atoms with van der Waals surface area (Å²) in [5.41, 5.74) is 0. The second-order valence-electron chi connectivity index (χ2n) is 7.61. The third-order valence-electron chi connectivity index (χ3n) is 4.64. The molecule has 0 N–H and O–H groups in total. The highest BCUT2D eigenvalue weighted by atomic mass is 16.5.